The molecule has 0 bridgehead atoms. The fraction of sp³-hybridized carbons (Fsp3) is 1.00. The van der Waals surface area contributed by atoms with Crippen LogP contribution in [0.15, 0.2) is 0 Å². The summed E-state index contributed by atoms with van der Waals surface area (Å²) in [4.78, 5) is 0. The molecule has 0 rings (SSSR count). The van der Waals surface area contributed by atoms with E-state index in [1.807, 2.05) is 13.8 Å². The van der Waals surface area contributed by atoms with Crippen LogP contribution in [-0.4, -0.2) is 51.4 Å². The monoisotopic (exact) mass is 320 g/mol. The number of aliphatic hydroxyl groups is 1. The Balaban J connectivity index is 0. The van der Waals surface area contributed by atoms with Gasteiger partial charge in [-0.25, -0.2) is 0 Å². The van der Waals surface area contributed by atoms with Gasteiger partial charge < -0.3 is 19.3 Å². The van der Waals surface area contributed by atoms with Crippen molar-refractivity contribution < 1.29 is 19.3 Å². The largest absolute Gasteiger partial charge is 0.396 e. The van der Waals surface area contributed by atoms with Crippen molar-refractivity contribution in [2.45, 2.75) is 66.2 Å². The van der Waals surface area contributed by atoms with Crippen LogP contribution in [0.25, 0.3) is 0 Å². The Hall–Kier alpha value is -0.160. The van der Waals surface area contributed by atoms with E-state index in [4.69, 9.17) is 19.3 Å². The number of ether oxygens (including phenoxy) is 3. The lowest BCUT2D eigenvalue weighted by atomic mass is 10.0. The van der Waals surface area contributed by atoms with Crippen molar-refractivity contribution in [2.24, 2.45) is 5.92 Å². The lowest BCUT2D eigenvalue weighted by Gasteiger charge is -2.10. The summed E-state index contributed by atoms with van der Waals surface area (Å²) in [5, 5.41) is 8.84. The second-order valence-electron chi connectivity index (χ2n) is 5.31. The molecule has 0 aromatic heterocycles. The minimum Gasteiger partial charge on any atom is -0.396 e. The zero-order valence-electron chi connectivity index (χ0n) is 15.4. The minimum absolute atomic E-state index is 0.322. The number of rotatable bonds is 15. The SMILES string of the molecule is CCCOCCCCOCC.CCOCCCC(CC)CO. The van der Waals surface area contributed by atoms with Crippen LogP contribution in [0.5, 0.6) is 0 Å². The predicted octanol–water partition coefficient (Wildman–Crippen LogP) is 4.05. The smallest absolute Gasteiger partial charge is 0.0466 e. The number of unbranched alkanes of at least 4 members (excludes halogenated alkanes) is 1. The van der Waals surface area contributed by atoms with Gasteiger partial charge in [0.2, 0.25) is 0 Å². The van der Waals surface area contributed by atoms with Gasteiger partial charge in [-0.3, -0.25) is 0 Å². The van der Waals surface area contributed by atoms with Crippen LogP contribution in [0.4, 0.5) is 0 Å². The number of aliphatic hydroxyl groups excluding tert-OH is 1. The average molecular weight is 321 g/mol. The van der Waals surface area contributed by atoms with Crippen molar-refractivity contribution in [1.82, 2.24) is 0 Å². The molecule has 0 aliphatic rings. The van der Waals surface area contributed by atoms with Crippen molar-refractivity contribution in [1.29, 1.82) is 0 Å². The molecule has 0 heterocycles. The summed E-state index contributed by atoms with van der Waals surface area (Å²) < 4.78 is 15.7. The Morgan fingerprint density at radius 2 is 1.27 bits per heavy atom. The molecule has 0 radical (unpaired) electrons. The molecule has 0 spiro atoms. The van der Waals surface area contributed by atoms with Crippen LogP contribution >= 0.6 is 0 Å². The number of hydrogen-bond acceptors (Lipinski definition) is 4. The number of hydrogen-bond donors (Lipinski definition) is 1. The molecule has 0 saturated carbocycles. The third kappa shape index (κ3) is 22.1. The topological polar surface area (TPSA) is 47.9 Å². The van der Waals surface area contributed by atoms with Crippen LogP contribution in [0.3, 0.4) is 0 Å². The van der Waals surface area contributed by atoms with Gasteiger partial charge in [0.1, 0.15) is 0 Å². The fourth-order valence-corrected chi connectivity index (χ4v) is 1.84. The maximum Gasteiger partial charge on any atom is 0.0466 e. The molecule has 1 unspecified atom stereocenters. The normalized spacial score (nSPS) is 11.9. The van der Waals surface area contributed by atoms with Crippen molar-refractivity contribution in [2.75, 3.05) is 46.2 Å². The first kappa shape index (κ1) is 24.1. The molecule has 4 heteroatoms. The summed E-state index contributed by atoms with van der Waals surface area (Å²) in [5.74, 6) is 0.482. The standard InChI is InChI=1S/2C9H20O2/c1-3-9(8-10)6-5-7-11-4-2;1-3-7-11-9-6-5-8-10-4-2/h9-10H,3-8H2,1-2H3;3-9H2,1-2H3. The first-order valence-electron chi connectivity index (χ1n) is 9.10. The third-order valence-corrected chi connectivity index (χ3v) is 3.32. The van der Waals surface area contributed by atoms with E-state index in [0.29, 0.717) is 12.5 Å². The van der Waals surface area contributed by atoms with E-state index in [1.54, 1.807) is 0 Å². The van der Waals surface area contributed by atoms with E-state index >= 15 is 0 Å². The molecule has 136 valence electrons. The Kier molecular flexibility index (Phi) is 25.3. The van der Waals surface area contributed by atoms with Gasteiger partial charge in [0, 0.05) is 46.2 Å². The minimum atomic E-state index is 0.322. The molecular weight excluding hydrogens is 280 g/mol. The molecule has 0 aliphatic heterocycles. The van der Waals surface area contributed by atoms with Crippen LogP contribution in [0, 0.1) is 5.92 Å². The highest BCUT2D eigenvalue weighted by atomic mass is 16.5. The molecule has 1 N–H and O–H groups in total. The second-order valence-corrected chi connectivity index (χ2v) is 5.31. The van der Waals surface area contributed by atoms with Gasteiger partial charge in [0.25, 0.3) is 0 Å². The molecule has 1 atom stereocenters. The van der Waals surface area contributed by atoms with E-state index in [0.717, 1.165) is 78.2 Å². The van der Waals surface area contributed by atoms with Gasteiger partial charge in [0.15, 0.2) is 0 Å². The van der Waals surface area contributed by atoms with Crippen LogP contribution in [-0.2, 0) is 14.2 Å². The summed E-state index contributed by atoms with van der Waals surface area (Å²) in [6.45, 7) is 13.7. The summed E-state index contributed by atoms with van der Waals surface area (Å²) in [7, 11) is 0. The highest BCUT2D eigenvalue weighted by Crippen LogP contribution is 2.09. The van der Waals surface area contributed by atoms with E-state index in [2.05, 4.69) is 13.8 Å². The zero-order valence-corrected chi connectivity index (χ0v) is 15.4. The van der Waals surface area contributed by atoms with Gasteiger partial charge in [-0.15, -0.1) is 0 Å². The third-order valence-electron chi connectivity index (χ3n) is 3.32. The van der Waals surface area contributed by atoms with Crippen molar-refractivity contribution in [3.8, 4) is 0 Å². The summed E-state index contributed by atoms with van der Waals surface area (Å²) in [5.41, 5.74) is 0. The van der Waals surface area contributed by atoms with E-state index in [-0.39, 0.29) is 0 Å². The van der Waals surface area contributed by atoms with Gasteiger partial charge >= 0.3 is 0 Å². The molecular formula is C18H40O4. The molecule has 0 aliphatic carbocycles. The van der Waals surface area contributed by atoms with Crippen molar-refractivity contribution in [3.05, 3.63) is 0 Å². The molecule has 0 saturated heterocycles. The molecule has 0 aromatic rings. The van der Waals surface area contributed by atoms with Gasteiger partial charge in [-0.2, -0.15) is 0 Å². The first-order chi connectivity index (χ1) is 10.8. The lowest BCUT2D eigenvalue weighted by molar-refractivity contribution is 0.108. The molecule has 0 aromatic carbocycles. The van der Waals surface area contributed by atoms with E-state index < -0.39 is 0 Å². The fourth-order valence-electron chi connectivity index (χ4n) is 1.84. The predicted molar refractivity (Wildman–Crippen MR) is 93.4 cm³/mol. The van der Waals surface area contributed by atoms with Gasteiger partial charge in [-0.1, -0.05) is 20.3 Å². The highest BCUT2D eigenvalue weighted by Gasteiger charge is 2.02. The zero-order chi connectivity index (χ0) is 16.9. The van der Waals surface area contributed by atoms with Crippen molar-refractivity contribution >= 4 is 0 Å². The molecule has 4 nitrogen and oxygen atoms in total. The Morgan fingerprint density at radius 1 is 0.727 bits per heavy atom. The highest BCUT2D eigenvalue weighted by molar-refractivity contribution is 4.54. The summed E-state index contributed by atoms with van der Waals surface area (Å²) in [6, 6.07) is 0. The maximum atomic E-state index is 8.84. The average Bonchev–Trinajstić information content (AvgIpc) is 2.55. The van der Waals surface area contributed by atoms with Crippen LogP contribution in [0.2, 0.25) is 0 Å². The Labute approximate surface area is 138 Å². The summed E-state index contributed by atoms with van der Waals surface area (Å²) >= 11 is 0. The lowest BCUT2D eigenvalue weighted by Crippen LogP contribution is -2.06. The first-order valence-corrected chi connectivity index (χ1v) is 9.10. The van der Waals surface area contributed by atoms with Crippen LogP contribution in [0.1, 0.15) is 66.2 Å². The molecule has 0 fully saturated rings. The quantitative estimate of drug-likeness (QED) is 0.462. The summed E-state index contributed by atoms with van der Waals surface area (Å²) in [6.07, 6.45) is 6.60. The van der Waals surface area contributed by atoms with Gasteiger partial charge in [0.05, 0.1) is 0 Å². The van der Waals surface area contributed by atoms with Crippen molar-refractivity contribution in [3.63, 3.8) is 0 Å². The molecule has 0 amide bonds. The Morgan fingerprint density at radius 3 is 1.73 bits per heavy atom. The Bertz CT molecular complexity index is 164. The molecule has 22 heavy (non-hydrogen) atoms. The second kappa shape index (κ2) is 23.1. The van der Waals surface area contributed by atoms with E-state index in [9.17, 15) is 0 Å². The maximum absolute atomic E-state index is 8.84. The van der Waals surface area contributed by atoms with Crippen LogP contribution < -0.4 is 0 Å². The van der Waals surface area contributed by atoms with E-state index in [1.165, 1.54) is 0 Å². The van der Waals surface area contributed by atoms with Gasteiger partial charge in [-0.05, 0) is 51.9 Å².